The van der Waals surface area contributed by atoms with Crippen LogP contribution in [0.2, 0.25) is 0 Å². The van der Waals surface area contributed by atoms with E-state index in [0.717, 1.165) is 38.5 Å². The van der Waals surface area contributed by atoms with Gasteiger partial charge in [-0.15, -0.1) is 0 Å². The number of likely N-dealkylation sites (N-methyl/N-ethyl adjacent to an activating group) is 1. The number of carbonyl (C=O) groups excluding carboxylic acids is 3. The van der Waals surface area contributed by atoms with Crippen LogP contribution in [0.15, 0.2) is 0 Å². The molecule has 0 saturated carbocycles. The summed E-state index contributed by atoms with van der Waals surface area (Å²) in [5.74, 6) is -2.27. The van der Waals surface area contributed by atoms with Crippen LogP contribution in [0.5, 0.6) is 0 Å². The van der Waals surface area contributed by atoms with Gasteiger partial charge in [0, 0.05) is 12.8 Å². The molecule has 67 heavy (non-hydrogen) atoms. The second-order valence-electron chi connectivity index (χ2n) is 21.3. The van der Waals surface area contributed by atoms with E-state index in [1.165, 1.54) is 231 Å². The highest BCUT2D eigenvalue weighted by Crippen LogP contribution is 2.18. The van der Waals surface area contributed by atoms with Crippen LogP contribution in [0.4, 0.5) is 0 Å². The van der Waals surface area contributed by atoms with Gasteiger partial charge in [-0.1, -0.05) is 271 Å². The zero-order valence-electron chi connectivity index (χ0n) is 45.3. The summed E-state index contributed by atoms with van der Waals surface area (Å²) in [4.78, 5) is 36.9. The van der Waals surface area contributed by atoms with Gasteiger partial charge >= 0.3 is 11.9 Å². The summed E-state index contributed by atoms with van der Waals surface area (Å²) in [6.45, 7) is 4.74. The third-order valence-corrected chi connectivity index (χ3v) is 13.4. The molecule has 0 rings (SSSR count). The number of hydrogen-bond donors (Lipinski definition) is 0. The molecule has 0 N–H and O–H groups in total. The van der Waals surface area contributed by atoms with Crippen molar-refractivity contribution in [3.8, 4) is 0 Å². The Kier molecular flexibility index (Phi) is 49.4. The number of ether oxygens (including phenoxy) is 4. The molecule has 0 aliphatic carbocycles. The molecule has 0 aliphatic rings. The van der Waals surface area contributed by atoms with E-state index in [9.17, 15) is 19.5 Å². The molecule has 0 aromatic rings. The van der Waals surface area contributed by atoms with Crippen molar-refractivity contribution < 1.29 is 42.9 Å². The number of esters is 2. The van der Waals surface area contributed by atoms with E-state index in [0.29, 0.717) is 17.4 Å². The molecular weight excluding hydrogens is 839 g/mol. The van der Waals surface area contributed by atoms with Crippen molar-refractivity contribution in [3.63, 3.8) is 0 Å². The van der Waals surface area contributed by atoms with Crippen LogP contribution in [0.3, 0.4) is 0 Å². The molecule has 0 radical (unpaired) electrons. The lowest BCUT2D eigenvalue weighted by Crippen LogP contribution is -2.44. The minimum Gasteiger partial charge on any atom is -0.545 e. The molecule has 2 unspecified atom stereocenters. The lowest BCUT2D eigenvalue weighted by Gasteiger charge is -2.26. The first-order chi connectivity index (χ1) is 32.6. The molecule has 0 saturated heterocycles. The molecule has 2 atom stereocenters. The molecule has 0 amide bonds. The second kappa shape index (κ2) is 50.7. The van der Waals surface area contributed by atoms with Gasteiger partial charge in [-0.25, -0.2) is 0 Å². The molecule has 0 heterocycles. The third-order valence-electron chi connectivity index (χ3n) is 13.4. The first-order valence-corrected chi connectivity index (χ1v) is 29.2. The number of carbonyl (C=O) groups is 3. The fraction of sp³-hybridized carbons (Fsp3) is 0.948. The zero-order chi connectivity index (χ0) is 49.2. The Morgan fingerprint density at radius 3 is 0.955 bits per heavy atom. The zero-order valence-corrected chi connectivity index (χ0v) is 45.3. The predicted molar refractivity (Wildman–Crippen MR) is 279 cm³/mol. The Hall–Kier alpha value is -1.71. The lowest BCUT2D eigenvalue weighted by molar-refractivity contribution is -0.870. The quantitative estimate of drug-likeness (QED) is 0.0256. The van der Waals surface area contributed by atoms with E-state index in [-0.39, 0.29) is 32.2 Å². The van der Waals surface area contributed by atoms with Gasteiger partial charge in [0.2, 0.25) is 0 Å². The highest BCUT2D eigenvalue weighted by Gasteiger charge is 2.22. The number of carboxylic acid groups (broad SMARTS) is 1. The van der Waals surface area contributed by atoms with Crippen molar-refractivity contribution in [2.24, 2.45) is 0 Å². The Morgan fingerprint density at radius 2 is 0.672 bits per heavy atom. The minimum atomic E-state index is -1.61. The van der Waals surface area contributed by atoms with Crippen LogP contribution in [-0.2, 0) is 33.3 Å². The summed E-state index contributed by atoms with van der Waals surface area (Å²) in [6.07, 6.45) is 53.6. The van der Waals surface area contributed by atoms with E-state index >= 15 is 0 Å². The molecule has 0 aromatic heterocycles. The maximum absolute atomic E-state index is 12.8. The van der Waals surface area contributed by atoms with Gasteiger partial charge < -0.3 is 33.3 Å². The van der Waals surface area contributed by atoms with E-state index in [4.69, 9.17) is 18.9 Å². The first-order valence-electron chi connectivity index (χ1n) is 29.2. The number of unbranched alkanes of at least 4 members (excludes halogenated alkanes) is 40. The fourth-order valence-electron chi connectivity index (χ4n) is 8.83. The average molecular weight is 953 g/mol. The Bertz CT molecular complexity index is 1060. The van der Waals surface area contributed by atoms with Crippen LogP contribution in [0.25, 0.3) is 0 Å². The van der Waals surface area contributed by atoms with Crippen molar-refractivity contribution in [2.45, 2.75) is 309 Å². The Labute approximate surface area is 415 Å². The van der Waals surface area contributed by atoms with Crippen LogP contribution in [-0.4, -0.2) is 82.3 Å². The van der Waals surface area contributed by atoms with Crippen LogP contribution >= 0.6 is 0 Å². The van der Waals surface area contributed by atoms with Crippen molar-refractivity contribution in [2.75, 3.05) is 47.5 Å². The molecule has 9 nitrogen and oxygen atoms in total. The largest absolute Gasteiger partial charge is 0.545 e. The SMILES string of the molecule is CCCCCCCCCCCCCCCCCCCCCCCCCCCCCCCCCCCCCC(=O)OC(COC(=O)CCCCCCCCC)COC(OCC[N+](C)(C)C)C(=O)[O-]. The summed E-state index contributed by atoms with van der Waals surface area (Å²) in [7, 11) is 5.92. The van der Waals surface area contributed by atoms with Crippen molar-refractivity contribution in [1.82, 2.24) is 0 Å². The van der Waals surface area contributed by atoms with Crippen LogP contribution < -0.4 is 5.11 Å². The number of carboxylic acids is 1. The molecule has 0 spiro atoms. The Morgan fingerprint density at radius 1 is 0.388 bits per heavy atom. The number of rotatable bonds is 55. The van der Waals surface area contributed by atoms with Crippen molar-refractivity contribution in [1.29, 1.82) is 0 Å². The normalized spacial score (nSPS) is 12.7. The van der Waals surface area contributed by atoms with Crippen LogP contribution in [0, 0.1) is 0 Å². The number of hydrogen-bond acceptors (Lipinski definition) is 8. The van der Waals surface area contributed by atoms with E-state index in [2.05, 4.69) is 13.8 Å². The van der Waals surface area contributed by atoms with Gasteiger partial charge in [-0.05, 0) is 12.8 Å². The molecular formula is C58H113NO8. The van der Waals surface area contributed by atoms with Gasteiger partial charge in [-0.2, -0.15) is 0 Å². The standard InChI is InChI=1S/C58H113NO8/c1-6-8-10-12-14-15-16-17-18-19-20-21-22-23-24-25-26-27-28-29-30-31-32-33-34-35-36-37-38-39-40-41-43-45-47-49-56(61)67-54(52-65-55(60)48-46-44-42-13-11-9-7-2)53-66-58(57(62)63)64-51-50-59(3,4)5/h54,58H,6-53H2,1-5H3. The molecule has 0 bridgehead atoms. The first kappa shape index (κ1) is 65.3. The lowest BCUT2D eigenvalue weighted by atomic mass is 10.0. The molecule has 9 heteroatoms. The van der Waals surface area contributed by atoms with E-state index in [1.54, 1.807) is 0 Å². The highest BCUT2D eigenvalue weighted by atomic mass is 16.7. The topological polar surface area (TPSA) is 111 Å². The summed E-state index contributed by atoms with van der Waals surface area (Å²) in [5.41, 5.74) is 0. The summed E-state index contributed by atoms with van der Waals surface area (Å²) in [6, 6.07) is 0. The maximum Gasteiger partial charge on any atom is 0.306 e. The van der Waals surface area contributed by atoms with Gasteiger partial charge in [0.25, 0.3) is 0 Å². The highest BCUT2D eigenvalue weighted by molar-refractivity contribution is 5.70. The minimum absolute atomic E-state index is 0.153. The number of quaternary nitrogens is 1. The molecule has 0 fully saturated rings. The molecule has 398 valence electrons. The monoisotopic (exact) mass is 952 g/mol. The predicted octanol–water partition coefficient (Wildman–Crippen LogP) is 15.5. The number of nitrogens with zero attached hydrogens (tertiary/aromatic N) is 1. The number of aliphatic carboxylic acids is 1. The third kappa shape index (κ3) is 52.0. The van der Waals surface area contributed by atoms with Gasteiger partial charge in [0.15, 0.2) is 12.4 Å². The van der Waals surface area contributed by atoms with Gasteiger partial charge in [-0.3, -0.25) is 9.59 Å². The van der Waals surface area contributed by atoms with E-state index in [1.807, 2.05) is 21.1 Å². The maximum atomic E-state index is 12.8. The smallest absolute Gasteiger partial charge is 0.306 e. The van der Waals surface area contributed by atoms with Gasteiger partial charge in [0.1, 0.15) is 13.2 Å². The molecule has 0 aliphatic heterocycles. The summed E-state index contributed by atoms with van der Waals surface area (Å²) in [5, 5.41) is 11.7. The van der Waals surface area contributed by atoms with Crippen molar-refractivity contribution in [3.05, 3.63) is 0 Å². The van der Waals surface area contributed by atoms with E-state index < -0.39 is 24.3 Å². The van der Waals surface area contributed by atoms with Crippen LogP contribution in [0.1, 0.15) is 296 Å². The van der Waals surface area contributed by atoms with Gasteiger partial charge in [0.05, 0.1) is 40.3 Å². The van der Waals surface area contributed by atoms with Crippen molar-refractivity contribution >= 4 is 17.9 Å². The fourth-order valence-corrected chi connectivity index (χ4v) is 8.83. The average Bonchev–Trinajstić information content (AvgIpc) is 3.29. The molecule has 0 aromatic carbocycles. The summed E-state index contributed by atoms with van der Waals surface area (Å²) >= 11 is 0. The summed E-state index contributed by atoms with van der Waals surface area (Å²) < 4.78 is 22.5. The Balaban J connectivity index is 3.84. The second-order valence-corrected chi connectivity index (χ2v) is 21.3.